The first kappa shape index (κ1) is 13.8. The van der Waals surface area contributed by atoms with Crippen molar-refractivity contribution in [3.63, 3.8) is 0 Å². The standard InChI is InChI=1S/C16H17N3O/c1-19(15-5-3-4-12(8-15)10-17)11-13-9-14(18)6-7-16(13)20-2/h3-9H,11,18H2,1-2H3. The summed E-state index contributed by atoms with van der Waals surface area (Å²) in [7, 11) is 3.62. The molecule has 0 amide bonds. The average molecular weight is 267 g/mol. The lowest BCUT2D eigenvalue weighted by Gasteiger charge is -2.21. The van der Waals surface area contributed by atoms with Crippen molar-refractivity contribution in [1.29, 1.82) is 5.26 Å². The summed E-state index contributed by atoms with van der Waals surface area (Å²) < 4.78 is 5.35. The van der Waals surface area contributed by atoms with Crippen molar-refractivity contribution in [2.24, 2.45) is 0 Å². The Hall–Kier alpha value is -2.67. The molecule has 4 nitrogen and oxygen atoms in total. The van der Waals surface area contributed by atoms with E-state index in [9.17, 15) is 0 Å². The van der Waals surface area contributed by atoms with Gasteiger partial charge in [-0.3, -0.25) is 0 Å². The number of nitrogens with zero attached hydrogens (tertiary/aromatic N) is 2. The highest BCUT2D eigenvalue weighted by molar-refractivity contribution is 5.54. The molecule has 0 aliphatic carbocycles. The van der Waals surface area contributed by atoms with Crippen LogP contribution in [0.2, 0.25) is 0 Å². The van der Waals surface area contributed by atoms with Gasteiger partial charge in [-0.1, -0.05) is 6.07 Å². The van der Waals surface area contributed by atoms with Gasteiger partial charge >= 0.3 is 0 Å². The number of hydrogen-bond acceptors (Lipinski definition) is 4. The Morgan fingerprint density at radius 2 is 2.05 bits per heavy atom. The first-order chi connectivity index (χ1) is 9.63. The van der Waals surface area contributed by atoms with Crippen molar-refractivity contribution in [2.45, 2.75) is 6.54 Å². The fourth-order valence-corrected chi connectivity index (χ4v) is 2.08. The zero-order chi connectivity index (χ0) is 14.5. The van der Waals surface area contributed by atoms with Crippen molar-refractivity contribution < 1.29 is 4.74 Å². The third-order valence-electron chi connectivity index (χ3n) is 3.13. The molecule has 4 heteroatoms. The Labute approximate surface area is 119 Å². The summed E-state index contributed by atoms with van der Waals surface area (Å²) >= 11 is 0. The number of rotatable bonds is 4. The van der Waals surface area contributed by atoms with Gasteiger partial charge in [-0.2, -0.15) is 5.26 Å². The van der Waals surface area contributed by atoms with E-state index < -0.39 is 0 Å². The van der Waals surface area contributed by atoms with Crippen LogP contribution in [0.25, 0.3) is 0 Å². The summed E-state index contributed by atoms with van der Waals surface area (Å²) in [5, 5.41) is 8.95. The molecule has 0 aliphatic rings. The molecule has 0 saturated heterocycles. The highest BCUT2D eigenvalue weighted by Crippen LogP contribution is 2.24. The molecule has 2 N–H and O–H groups in total. The van der Waals surface area contributed by atoms with Gasteiger partial charge in [-0.25, -0.2) is 0 Å². The summed E-state index contributed by atoms with van der Waals surface area (Å²) in [6, 6.07) is 15.2. The summed E-state index contributed by atoms with van der Waals surface area (Å²) in [6.07, 6.45) is 0. The average Bonchev–Trinajstić information content (AvgIpc) is 2.47. The van der Waals surface area contributed by atoms with E-state index in [0.717, 1.165) is 17.0 Å². The maximum Gasteiger partial charge on any atom is 0.123 e. The first-order valence-corrected chi connectivity index (χ1v) is 6.27. The van der Waals surface area contributed by atoms with Gasteiger partial charge in [0.15, 0.2) is 0 Å². The minimum absolute atomic E-state index is 0.647. The van der Waals surface area contributed by atoms with Gasteiger partial charge in [0.1, 0.15) is 5.75 Å². The number of nitrogen functional groups attached to an aromatic ring is 1. The second-order valence-corrected chi connectivity index (χ2v) is 4.59. The van der Waals surface area contributed by atoms with E-state index in [-0.39, 0.29) is 0 Å². The highest BCUT2D eigenvalue weighted by Gasteiger charge is 2.08. The molecule has 0 bridgehead atoms. The van der Waals surface area contributed by atoms with Crippen LogP contribution in [-0.2, 0) is 6.54 Å². The third kappa shape index (κ3) is 3.01. The lowest BCUT2D eigenvalue weighted by molar-refractivity contribution is 0.409. The van der Waals surface area contributed by atoms with Crippen LogP contribution in [0.5, 0.6) is 5.75 Å². The predicted octanol–water partition coefficient (Wildman–Crippen LogP) is 2.79. The van der Waals surface area contributed by atoms with Crippen molar-refractivity contribution in [2.75, 3.05) is 24.8 Å². The number of methoxy groups -OCH3 is 1. The van der Waals surface area contributed by atoms with Crippen LogP contribution in [0.3, 0.4) is 0 Å². The van der Waals surface area contributed by atoms with E-state index in [0.29, 0.717) is 17.8 Å². The van der Waals surface area contributed by atoms with E-state index in [1.165, 1.54) is 0 Å². The molecule has 0 spiro atoms. The Morgan fingerprint density at radius 3 is 2.75 bits per heavy atom. The topological polar surface area (TPSA) is 62.3 Å². The van der Waals surface area contributed by atoms with E-state index in [1.807, 2.05) is 43.4 Å². The Morgan fingerprint density at radius 1 is 1.25 bits per heavy atom. The number of hydrogen-bond donors (Lipinski definition) is 1. The van der Waals surface area contributed by atoms with E-state index in [2.05, 4.69) is 11.0 Å². The van der Waals surface area contributed by atoms with Gasteiger partial charge < -0.3 is 15.4 Å². The Bertz CT molecular complexity index is 646. The van der Waals surface area contributed by atoms with Gasteiger partial charge in [0.25, 0.3) is 0 Å². The van der Waals surface area contributed by atoms with Crippen molar-refractivity contribution in [1.82, 2.24) is 0 Å². The van der Waals surface area contributed by atoms with Gasteiger partial charge in [-0.05, 0) is 36.4 Å². The molecule has 2 aromatic rings. The van der Waals surface area contributed by atoms with Crippen LogP contribution in [0, 0.1) is 11.3 Å². The lowest BCUT2D eigenvalue weighted by Crippen LogP contribution is -2.17. The molecule has 0 heterocycles. The zero-order valence-electron chi connectivity index (χ0n) is 11.6. The quantitative estimate of drug-likeness (QED) is 0.865. The molecule has 0 saturated carbocycles. The minimum atomic E-state index is 0.647. The fourth-order valence-electron chi connectivity index (χ4n) is 2.08. The highest BCUT2D eigenvalue weighted by atomic mass is 16.5. The molecule has 2 aromatic carbocycles. The number of nitriles is 1. The molecule has 0 fully saturated rings. The lowest BCUT2D eigenvalue weighted by atomic mass is 10.1. The summed E-state index contributed by atoms with van der Waals surface area (Å²) in [5.41, 5.74) is 9.17. The molecule has 20 heavy (non-hydrogen) atoms. The molecular weight excluding hydrogens is 250 g/mol. The number of ether oxygens (including phenoxy) is 1. The molecular formula is C16H17N3O. The van der Waals surface area contributed by atoms with E-state index in [4.69, 9.17) is 15.7 Å². The van der Waals surface area contributed by atoms with E-state index >= 15 is 0 Å². The van der Waals surface area contributed by atoms with Crippen molar-refractivity contribution in [3.05, 3.63) is 53.6 Å². The third-order valence-corrected chi connectivity index (χ3v) is 3.13. The number of anilines is 2. The molecule has 0 aliphatic heterocycles. The maximum atomic E-state index is 8.95. The molecule has 102 valence electrons. The van der Waals surface area contributed by atoms with Crippen LogP contribution in [0.1, 0.15) is 11.1 Å². The van der Waals surface area contributed by atoms with Crippen LogP contribution >= 0.6 is 0 Å². The zero-order valence-corrected chi connectivity index (χ0v) is 11.6. The van der Waals surface area contributed by atoms with Gasteiger partial charge in [0.05, 0.1) is 18.7 Å². The molecule has 0 unspecified atom stereocenters. The normalized spacial score (nSPS) is 9.85. The summed E-state index contributed by atoms with van der Waals surface area (Å²) in [4.78, 5) is 2.05. The van der Waals surface area contributed by atoms with Crippen LogP contribution < -0.4 is 15.4 Å². The van der Waals surface area contributed by atoms with Crippen LogP contribution in [-0.4, -0.2) is 14.2 Å². The van der Waals surface area contributed by atoms with Gasteiger partial charge in [0, 0.05) is 30.5 Å². The molecule has 0 atom stereocenters. The van der Waals surface area contributed by atoms with Crippen molar-refractivity contribution >= 4 is 11.4 Å². The predicted molar refractivity (Wildman–Crippen MR) is 80.7 cm³/mol. The molecule has 2 rings (SSSR count). The fraction of sp³-hybridized carbons (Fsp3) is 0.188. The number of benzene rings is 2. The second kappa shape index (κ2) is 5.98. The largest absolute Gasteiger partial charge is 0.496 e. The summed E-state index contributed by atoms with van der Waals surface area (Å²) in [5.74, 6) is 0.808. The van der Waals surface area contributed by atoms with Crippen LogP contribution in [0.4, 0.5) is 11.4 Å². The van der Waals surface area contributed by atoms with Gasteiger partial charge in [-0.15, -0.1) is 0 Å². The van der Waals surface area contributed by atoms with E-state index in [1.54, 1.807) is 13.2 Å². The second-order valence-electron chi connectivity index (χ2n) is 4.59. The SMILES string of the molecule is COc1ccc(N)cc1CN(C)c1cccc(C#N)c1. The smallest absolute Gasteiger partial charge is 0.123 e. The number of nitrogens with two attached hydrogens (primary N) is 1. The monoisotopic (exact) mass is 267 g/mol. The van der Waals surface area contributed by atoms with Crippen molar-refractivity contribution in [3.8, 4) is 11.8 Å². The van der Waals surface area contributed by atoms with Crippen LogP contribution in [0.15, 0.2) is 42.5 Å². The Balaban J connectivity index is 2.25. The minimum Gasteiger partial charge on any atom is -0.496 e. The van der Waals surface area contributed by atoms with Gasteiger partial charge in [0.2, 0.25) is 0 Å². The molecule has 0 radical (unpaired) electrons. The molecule has 0 aromatic heterocycles. The maximum absolute atomic E-state index is 8.95. The Kier molecular flexibility index (Phi) is 4.11. The summed E-state index contributed by atoms with van der Waals surface area (Å²) in [6.45, 7) is 0.656. The first-order valence-electron chi connectivity index (χ1n) is 6.27.